The molecule has 0 spiro atoms. The summed E-state index contributed by atoms with van der Waals surface area (Å²) >= 11 is 1.33. The lowest BCUT2D eigenvalue weighted by molar-refractivity contribution is -0.144. The zero-order valence-electron chi connectivity index (χ0n) is 15.4. The molecular formula is C18H23NO7S. The Labute approximate surface area is 161 Å². The maximum Gasteiger partial charge on any atom is 0.339 e. The predicted molar refractivity (Wildman–Crippen MR) is 98.5 cm³/mol. The van der Waals surface area contributed by atoms with Crippen LogP contribution >= 0.6 is 11.8 Å². The average Bonchev–Trinajstić information content (AvgIpc) is 2.61. The molecule has 0 fully saturated rings. The highest BCUT2D eigenvalue weighted by atomic mass is 32.2. The van der Waals surface area contributed by atoms with Crippen LogP contribution in [0.25, 0.3) is 0 Å². The maximum atomic E-state index is 12.7. The Bertz CT molecular complexity index is 722. The lowest BCUT2D eigenvalue weighted by Gasteiger charge is -2.22. The van der Waals surface area contributed by atoms with Crippen molar-refractivity contribution in [2.75, 3.05) is 19.7 Å². The second-order valence-corrected chi connectivity index (χ2v) is 7.12. The summed E-state index contributed by atoms with van der Waals surface area (Å²) in [4.78, 5) is 36.7. The summed E-state index contributed by atoms with van der Waals surface area (Å²) in [5.74, 6) is -0.565. The molecule has 0 bridgehead atoms. The van der Waals surface area contributed by atoms with Crippen LogP contribution in [0.15, 0.2) is 12.1 Å². The van der Waals surface area contributed by atoms with Crippen LogP contribution in [-0.4, -0.2) is 54.8 Å². The first kappa shape index (κ1) is 21.0. The molecule has 2 atom stereocenters. The van der Waals surface area contributed by atoms with E-state index in [1.165, 1.54) is 18.9 Å². The molecule has 8 nitrogen and oxygen atoms in total. The van der Waals surface area contributed by atoms with Crippen molar-refractivity contribution in [3.05, 3.63) is 28.8 Å². The quantitative estimate of drug-likeness (QED) is 0.577. The van der Waals surface area contributed by atoms with Gasteiger partial charge in [-0.05, 0) is 25.5 Å². The lowest BCUT2D eigenvalue weighted by Crippen LogP contribution is -2.44. The minimum Gasteiger partial charge on any atom is -0.467 e. The van der Waals surface area contributed by atoms with E-state index < -0.39 is 36.8 Å². The summed E-state index contributed by atoms with van der Waals surface area (Å²) in [7, 11) is 1.26. The van der Waals surface area contributed by atoms with Gasteiger partial charge in [-0.15, -0.1) is 0 Å². The number of aryl methyl sites for hydroxylation is 1. The van der Waals surface area contributed by atoms with Gasteiger partial charge in [-0.25, -0.2) is 9.59 Å². The fraction of sp³-hybridized carbons (Fsp3) is 0.500. The predicted octanol–water partition coefficient (Wildman–Crippen LogP) is 1.16. The number of esters is 2. The van der Waals surface area contributed by atoms with Gasteiger partial charge in [-0.2, -0.15) is 11.8 Å². The van der Waals surface area contributed by atoms with E-state index in [9.17, 15) is 14.4 Å². The van der Waals surface area contributed by atoms with Crippen molar-refractivity contribution in [1.82, 2.24) is 5.32 Å². The Morgan fingerprint density at radius 1 is 1.41 bits per heavy atom. The Morgan fingerprint density at radius 3 is 2.81 bits per heavy atom. The largest absolute Gasteiger partial charge is 0.467 e. The topological polar surface area (TPSA) is 111 Å². The van der Waals surface area contributed by atoms with Crippen molar-refractivity contribution in [2.24, 2.45) is 0 Å². The number of hydrogen-bond donors (Lipinski definition) is 2. The zero-order chi connectivity index (χ0) is 20.0. The summed E-state index contributed by atoms with van der Waals surface area (Å²) in [6.07, 6.45) is -0.761. The number of amides is 1. The van der Waals surface area contributed by atoms with Gasteiger partial charge in [0, 0.05) is 17.1 Å². The monoisotopic (exact) mass is 397 g/mol. The number of aliphatic hydroxyl groups excluding tert-OH is 1. The van der Waals surface area contributed by atoms with E-state index >= 15 is 0 Å². The molecule has 9 heteroatoms. The standard InChI is InChI=1S/C18H23NO7S/c1-10-4-5-14(25-9-20)12-7-27-8-13(17(22)24-3)19-15(21)6-11(2)26-18(23)16(10)12/h4-5,11,13,20H,6-9H2,1-3H3,(H,19,21)/t11-,13+/m1/s1. The molecule has 27 heavy (non-hydrogen) atoms. The van der Waals surface area contributed by atoms with Crippen LogP contribution in [0.3, 0.4) is 0 Å². The number of aliphatic hydroxyl groups is 1. The second kappa shape index (κ2) is 9.61. The molecule has 0 aromatic heterocycles. The Kier molecular flexibility index (Phi) is 7.49. The number of nitrogens with one attached hydrogen (secondary N) is 1. The third-order valence-corrected chi connectivity index (χ3v) is 5.10. The summed E-state index contributed by atoms with van der Waals surface area (Å²) in [6, 6.07) is 2.56. The Balaban J connectivity index is 2.42. The number of carbonyl (C=O) groups is 3. The lowest BCUT2D eigenvalue weighted by atomic mass is 10.0. The summed E-state index contributed by atoms with van der Waals surface area (Å²) in [6.45, 7) is 2.84. The first-order valence-corrected chi connectivity index (χ1v) is 9.54. The van der Waals surface area contributed by atoms with E-state index in [-0.39, 0.29) is 12.2 Å². The fourth-order valence-electron chi connectivity index (χ4n) is 2.77. The first-order valence-electron chi connectivity index (χ1n) is 8.39. The van der Waals surface area contributed by atoms with Crippen LogP contribution in [0, 0.1) is 6.92 Å². The number of rotatable bonds is 3. The number of cyclic esters (lactones) is 1. The molecule has 2 rings (SSSR count). The van der Waals surface area contributed by atoms with Crippen molar-refractivity contribution < 1.29 is 33.7 Å². The van der Waals surface area contributed by atoms with Crippen LogP contribution in [0.2, 0.25) is 0 Å². The van der Waals surface area contributed by atoms with Gasteiger partial charge in [-0.1, -0.05) is 6.07 Å². The van der Waals surface area contributed by atoms with Crippen LogP contribution < -0.4 is 10.1 Å². The normalized spacial score (nSPS) is 21.0. The van der Waals surface area contributed by atoms with Gasteiger partial charge in [0.1, 0.15) is 17.9 Å². The van der Waals surface area contributed by atoms with Gasteiger partial charge in [0.2, 0.25) is 5.91 Å². The number of hydrogen-bond acceptors (Lipinski definition) is 8. The molecule has 0 saturated carbocycles. The number of thioether (sulfide) groups is 1. The van der Waals surface area contributed by atoms with Crippen LogP contribution in [0.5, 0.6) is 5.75 Å². The molecule has 0 aliphatic carbocycles. The van der Waals surface area contributed by atoms with Crippen LogP contribution in [0.4, 0.5) is 0 Å². The maximum absolute atomic E-state index is 12.7. The number of carbonyl (C=O) groups excluding carboxylic acids is 3. The molecule has 2 N–H and O–H groups in total. The first-order chi connectivity index (χ1) is 12.9. The van der Waals surface area contributed by atoms with Crippen molar-refractivity contribution in [1.29, 1.82) is 0 Å². The number of benzene rings is 1. The molecule has 0 unspecified atom stereocenters. The summed E-state index contributed by atoms with van der Waals surface area (Å²) in [5.41, 5.74) is 1.61. The SMILES string of the molecule is COC(=O)[C@@H]1CSCc2c(OCO)ccc(C)c2C(=O)O[C@H](C)CC(=O)N1. The average molecular weight is 397 g/mol. The number of fused-ring (bicyclic) bond motifs is 1. The summed E-state index contributed by atoms with van der Waals surface area (Å²) < 4.78 is 15.4. The van der Waals surface area contributed by atoms with E-state index in [1.807, 2.05) is 0 Å². The molecule has 0 saturated heterocycles. The van der Waals surface area contributed by atoms with Gasteiger partial charge in [0.15, 0.2) is 6.79 Å². The Hall–Kier alpha value is -2.26. The van der Waals surface area contributed by atoms with Gasteiger partial charge in [0.25, 0.3) is 0 Å². The second-order valence-electron chi connectivity index (χ2n) is 6.09. The molecule has 1 amide bonds. The van der Waals surface area contributed by atoms with Gasteiger partial charge in [0.05, 0.1) is 19.1 Å². The highest BCUT2D eigenvalue weighted by molar-refractivity contribution is 7.98. The highest BCUT2D eigenvalue weighted by Crippen LogP contribution is 2.31. The molecular weight excluding hydrogens is 374 g/mol. The van der Waals surface area contributed by atoms with Crippen molar-refractivity contribution in [3.63, 3.8) is 0 Å². The van der Waals surface area contributed by atoms with Crippen molar-refractivity contribution >= 4 is 29.6 Å². The van der Waals surface area contributed by atoms with Crippen molar-refractivity contribution in [2.45, 2.75) is 38.2 Å². The highest BCUT2D eigenvalue weighted by Gasteiger charge is 2.27. The fourth-order valence-corrected chi connectivity index (χ4v) is 3.83. The van der Waals surface area contributed by atoms with Crippen LogP contribution in [0.1, 0.15) is 34.8 Å². The van der Waals surface area contributed by atoms with E-state index in [2.05, 4.69) is 5.32 Å². The van der Waals surface area contributed by atoms with E-state index in [4.69, 9.17) is 19.3 Å². The van der Waals surface area contributed by atoms with E-state index in [0.717, 1.165) is 0 Å². The third-order valence-electron chi connectivity index (χ3n) is 4.04. The van der Waals surface area contributed by atoms with Gasteiger partial charge in [-0.3, -0.25) is 4.79 Å². The van der Waals surface area contributed by atoms with Gasteiger partial charge >= 0.3 is 11.9 Å². The Morgan fingerprint density at radius 2 is 2.15 bits per heavy atom. The van der Waals surface area contributed by atoms with E-state index in [1.54, 1.807) is 26.0 Å². The zero-order valence-corrected chi connectivity index (χ0v) is 16.3. The molecule has 1 aromatic carbocycles. The molecule has 0 radical (unpaired) electrons. The molecule has 1 aromatic rings. The van der Waals surface area contributed by atoms with Crippen molar-refractivity contribution in [3.8, 4) is 5.75 Å². The number of methoxy groups -OCH3 is 1. The molecule has 1 aliphatic heterocycles. The third kappa shape index (κ3) is 5.36. The van der Waals surface area contributed by atoms with Crippen LogP contribution in [-0.2, 0) is 24.8 Å². The molecule has 1 heterocycles. The van der Waals surface area contributed by atoms with Gasteiger partial charge < -0.3 is 24.6 Å². The molecule has 1 aliphatic rings. The van der Waals surface area contributed by atoms with E-state index in [0.29, 0.717) is 28.2 Å². The molecule has 148 valence electrons. The summed E-state index contributed by atoms with van der Waals surface area (Å²) in [5, 5.41) is 11.7. The smallest absolute Gasteiger partial charge is 0.339 e. The number of ether oxygens (including phenoxy) is 3. The minimum atomic E-state index is -0.815. The minimum absolute atomic E-state index is 0.0783.